The van der Waals surface area contributed by atoms with Gasteiger partial charge in [-0.25, -0.2) is 8.42 Å². The molecule has 0 aliphatic heterocycles. The fourth-order valence-electron chi connectivity index (χ4n) is 1.41. The van der Waals surface area contributed by atoms with Crippen molar-refractivity contribution in [2.45, 2.75) is 23.8 Å². The standard InChI is InChI=1S/C11H17NO3S/c1-11(12,8-13)7-9-4-3-5-10(6-9)16(2,14)15/h3-6,13H,7-8,12H2,1-2H3. The Balaban J connectivity index is 3.01. The molecular weight excluding hydrogens is 226 g/mol. The second-order valence-electron chi connectivity index (χ2n) is 4.41. The van der Waals surface area contributed by atoms with Crippen LogP contribution in [0.25, 0.3) is 0 Å². The van der Waals surface area contributed by atoms with Crippen LogP contribution in [0, 0.1) is 0 Å². The van der Waals surface area contributed by atoms with Gasteiger partial charge in [-0.1, -0.05) is 12.1 Å². The predicted molar refractivity (Wildman–Crippen MR) is 62.9 cm³/mol. The SMILES string of the molecule is CC(N)(CO)Cc1cccc(S(C)(=O)=O)c1. The molecule has 90 valence electrons. The first-order valence-electron chi connectivity index (χ1n) is 4.93. The van der Waals surface area contributed by atoms with E-state index >= 15 is 0 Å². The molecule has 1 aromatic rings. The Labute approximate surface area is 96.0 Å². The molecule has 0 saturated carbocycles. The Morgan fingerprint density at radius 2 is 2.06 bits per heavy atom. The highest BCUT2D eigenvalue weighted by atomic mass is 32.2. The van der Waals surface area contributed by atoms with Gasteiger partial charge in [-0.2, -0.15) is 0 Å². The lowest BCUT2D eigenvalue weighted by Gasteiger charge is -2.21. The average Bonchev–Trinajstić information content (AvgIpc) is 2.16. The van der Waals surface area contributed by atoms with Crippen molar-refractivity contribution < 1.29 is 13.5 Å². The van der Waals surface area contributed by atoms with Crippen molar-refractivity contribution >= 4 is 9.84 Å². The smallest absolute Gasteiger partial charge is 0.175 e. The van der Waals surface area contributed by atoms with Gasteiger partial charge in [0.1, 0.15) is 0 Å². The highest BCUT2D eigenvalue weighted by Gasteiger charge is 2.18. The maximum Gasteiger partial charge on any atom is 0.175 e. The molecule has 5 heteroatoms. The van der Waals surface area contributed by atoms with Gasteiger partial charge in [-0.15, -0.1) is 0 Å². The maximum absolute atomic E-state index is 11.3. The molecule has 1 aromatic carbocycles. The van der Waals surface area contributed by atoms with Crippen LogP contribution in [0.2, 0.25) is 0 Å². The zero-order valence-electron chi connectivity index (χ0n) is 9.47. The summed E-state index contributed by atoms with van der Waals surface area (Å²) < 4.78 is 22.7. The molecule has 1 unspecified atom stereocenters. The molecule has 1 rings (SSSR count). The number of rotatable bonds is 4. The lowest BCUT2D eigenvalue weighted by molar-refractivity contribution is 0.208. The van der Waals surface area contributed by atoms with Gasteiger partial charge in [0.15, 0.2) is 9.84 Å². The molecular formula is C11H17NO3S. The molecule has 0 bridgehead atoms. The monoisotopic (exact) mass is 243 g/mol. The molecule has 0 spiro atoms. The van der Waals surface area contributed by atoms with E-state index < -0.39 is 15.4 Å². The highest BCUT2D eigenvalue weighted by molar-refractivity contribution is 7.90. The van der Waals surface area contributed by atoms with Crippen molar-refractivity contribution in [1.29, 1.82) is 0 Å². The summed E-state index contributed by atoms with van der Waals surface area (Å²) in [6.07, 6.45) is 1.60. The van der Waals surface area contributed by atoms with Crippen LogP contribution < -0.4 is 5.73 Å². The molecule has 0 amide bonds. The van der Waals surface area contributed by atoms with E-state index in [-0.39, 0.29) is 11.5 Å². The molecule has 0 aromatic heterocycles. The summed E-state index contributed by atoms with van der Waals surface area (Å²) in [6, 6.07) is 6.62. The molecule has 0 aliphatic carbocycles. The van der Waals surface area contributed by atoms with E-state index in [9.17, 15) is 8.42 Å². The molecule has 16 heavy (non-hydrogen) atoms. The van der Waals surface area contributed by atoms with Crippen molar-refractivity contribution in [1.82, 2.24) is 0 Å². The van der Waals surface area contributed by atoms with Crippen LogP contribution in [0.4, 0.5) is 0 Å². The van der Waals surface area contributed by atoms with E-state index in [2.05, 4.69) is 0 Å². The molecule has 1 atom stereocenters. The van der Waals surface area contributed by atoms with Crippen LogP contribution in [-0.4, -0.2) is 31.9 Å². The number of hydrogen-bond acceptors (Lipinski definition) is 4. The molecule has 0 fully saturated rings. The van der Waals surface area contributed by atoms with Gasteiger partial charge in [0.05, 0.1) is 11.5 Å². The van der Waals surface area contributed by atoms with Crippen LogP contribution in [0.1, 0.15) is 12.5 Å². The van der Waals surface area contributed by atoms with Crippen LogP contribution in [0.3, 0.4) is 0 Å². The number of nitrogens with two attached hydrogens (primary N) is 1. The topological polar surface area (TPSA) is 80.4 Å². The van der Waals surface area contributed by atoms with Crippen LogP contribution in [0.15, 0.2) is 29.2 Å². The fourth-order valence-corrected chi connectivity index (χ4v) is 2.10. The second kappa shape index (κ2) is 4.53. The van der Waals surface area contributed by atoms with Crippen molar-refractivity contribution in [3.8, 4) is 0 Å². The third-order valence-electron chi connectivity index (χ3n) is 2.30. The van der Waals surface area contributed by atoms with E-state index in [1.165, 1.54) is 6.26 Å². The summed E-state index contributed by atoms with van der Waals surface area (Å²) in [5, 5.41) is 9.04. The number of aliphatic hydroxyl groups excluding tert-OH is 1. The predicted octanol–water partition coefficient (Wildman–Crippen LogP) is 0.342. The Hall–Kier alpha value is -0.910. The van der Waals surface area contributed by atoms with Crippen LogP contribution in [-0.2, 0) is 16.3 Å². The minimum absolute atomic E-state index is 0.143. The van der Waals surface area contributed by atoms with Gasteiger partial charge in [0.2, 0.25) is 0 Å². The first kappa shape index (κ1) is 13.2. The summed E-state index contributed by atoms with van der Waals surface area (Å²) in [7, 11) is -3.19. The minimum Gasteiger partial charge on any atom is -0.394 e. The Morgan fingerprint density at radius 3 is 2.56 bits per heavy atom. The van der Waals surface area contributed by atoms with E-state index in [0.717, 1.165) is 5.56 Å². The van der Waals surface area contributed by atoms with E-state index in [1.807, 2.05) is 0 Å². The first-order valence-corrected chi connectivity index (χ1v) is 6.82. The quantitative estimate of drug-likeness (QED) is 0.799. The van der Waals surface area contributed by atoms with Crippen LogP contribution >= 0.6 is 0 Å². The minimum atomic E-state index is -3.19. The fraction of sp³-hybridized carbons (Fsp3) is 0.455. The molecule has 0 radical (unpaired) electrons. The summed E-state index contributed by atoms with van der Waals surface area (Å²) in [6.45, 7) is 1.58. The highest BCUT2D eigenvalue weighted by Crippen LogP contribution is 2.15. The van der Waals surface area contributed by atoms with Crippen LogP contribution in [0.5, 0.6) is 0 Å². The van der Waals surface area contributed by atoms with Gasteiger partial charge in [-0.3, -0.25) is 0 Å². The molecule has 0 saturated heterocycles. The normalized spacial score (nSPS) is 15.8. The second-order valence-corrected chi connectivity index (χ2v) is 6.42. The maximum atomic E-state index is 11.3. The Kier molecular flexibility index (Phi) is 3.72. The Bertz CT molecular complexity index is 466. The number of hydrogen-bond donors (Lipinski definition) is 2. The lowest BCUT2D eigenvalue weighted by atomic mass is 9.95. The summed E-state index contributed by atoms with van der Waals surface area (Å²) >= 11 is 0. The third kappa shape index (κ3) is 3.59. The lowest BCUT2D eigenvalue weighted by Crippen LogP contribution is -2.42. The molecule has 0 heterocycles. The number of sulfone groups is 1. The van der Waals surface area contributed by atoms with Crippen molar-refractivity contribution in [3.05, 3.63) is 29.8 Å². The van der Waals surface area contributed by atoms with Gasteiger partial charge >= 0.3 is 0 Å². The van der Waals surface area contributed by atoms with E-state index in [1.54, 1.807) is 31.2 Å². The zero-order valence-corrected chi connectivity index (χ0v) is 10.3. The average molecular weight is 243 g/mol. The van der Waals surface area contributed by atoms with Crippen molar-refractivity contribution in [2.75, 3.05) is 12.9 Å². The number of aliphatic hydroxyl groups is 1. The van der Waals surface area contributed by atoms with E-state index in [4.69, 9.17) is 10.8 Å². The largest absolute Gasteiger partial charge is 0.394 e. The van der Waals surface area contributed by atoms with Gasteiger partial charge in [0, 0.05) is 11.8 Å². The van der Waals surface area contributed by atoms with Gasteiger partial charge < -0.3 is 10.8 Å². The molecule has 0 aliphatic rings. The zero-order chi connectivity index (χ0) is 12.4. The van der Waals surface area contributed by atoms with Crippen molar-refractivity contribution in [2.24, 2.45) is 5.73 Å². The molecule has 4 nitrogen and oxygen atoms in total. The Morgan fingerprint density at radius 1 is 1.44 bits per heavy atom. The van der Waals surface area contributed by atoms with E-state index in [0.29, 0.717) is 6.42 Å². The molecule has 3 N–H and O–H groups in total. The third-order valence-corrected chi connectivity index (χ3v) is 3.41. The summed E-state index contributed by atoms with van der Waals surface area (Å²) in [5.74, 6) is 0. The van der Waals surface area contributed by atoms with Gasteiger partial charge in [0.25, 0.3) is 0 Å². The summed E-state index contributed by atoms with van der Waals surface area (Å²) in [4.78, 5) is 0.277. The van der Waals surface area contributed by atoms with Gasteiger partial charge in [-0.05, 0) is 31.0 Å². The summed E-state index contributed by atoms with van der Waals surface area (Å²) in [5.41, 5.74) is 5.89. The number of benzene rings is 1. The first-order chi connectivity index (χ1) is 7.24. The van der Waals surface area contributed by atoms with Crippen molar-refractivity contribution in [3.63, 3.8) is 0 Å².